The van der Waals surface area contributed by atoms with Crippen molar-refractivity contribution in [1.82, 2.24) is 20.2 Å². The number of pyridine rings is 2. The molecule has 11 nitrogen and oxygen atoms in total. The largest absolute Gasteiger partial charge is 0.449 e. The Hall–Kier alpha value is -4.28. The van der Waals surface area contributed by atoms with Crippen LogP contribution in [0.3, 0.4) is 0 Å². The molecule has 0 spiro atoms. The molecule has 0 unspecified atom stereocenters. The van der Waals surface area contributed by atoms with Crippen LogP contribution in [0, 0.1) is 18.6 Å². The van der Waals surface area contributed by atoms with Crippen LogP contribution in [0.4, 0.5) is 33.6 Å². The molecule has 2 saturated heterocycles. The molecule has 0 radical (unpaired) electrons. The van der Waals surface area contributed by atoms with Gasteiger partial charge in [0.25, 0.3) is 0 Å². The predicted octanol–water partition coefficient (Wildman–Crippen LogP) is 3.66. The summed E-state index contributed by atoms with van der Waals surface area (Å²) >= 11 is 6.76. The topological polar surface area (TPSA) is 146 Å². The van der Waals surface area contributed by atoms with Crippen LogP contribution in [-0.4, -0.2) is 72.1 Å². The van der Waals surface area contributed by atoms with Crippen molar-refractivity contribution in [3.63, 3.8) is 0 Å². The summed E-state index contributed by atoms with van der Waals surface area (Å²) in [6.45, 7) is 4.81. The van der Waals surface area contributed by atoms with Crippen molar-refractivity contribution in [2.45, 2.75) is 56.9 Å². The Morgan fingerprint density at radius 3 is 2.78 bits per heavy atom. The van der Waals surface area contributed by atoms with Gasteiger partial charge in [-0.25, -0.2) is 23.7 Å². The average molecular weight is 707 g/mol. The van der Waals surface area contributed by atoms with Gasteiger partial charge in [0.15, 0.2) is 11.6 Å². The Bertz CT molecular complexity index is 1990. The molecule has 1 aromatic carbocycles. The highest BCUT2D eigenvalue weighted by Gasteiger charge is 2.41. The average Bonchev–Trinajstić information content (AvgIpc) is 3.38. The summed E-state index contributed by atoms with van der Waals surface area (Å²) in [4.78, 5) is 19.3. The number of benzene rings is 1. The second kappa shape index (κ2) is 12.6. The molecule has 0 aliphatic carbocycles. The first-order chi connectivity index (χ1) is 23.3. The maximum Gasteiger partial charge on any atom is 0.418 e. The van der Waals surface area contributed by atoms with Gasteiger partial charge in [0.05, 0.1) is 57.5 Å². The Balaban J connectivity index is 1.42. The number of halogens is 6. The minimum atomic E-state index is -4.94. The third-order valence-corrected chi connectivity index (χ3v) is 9.80. The molecule has 0 bridgehead atoms. The molecule has 2 aromatic heterocycles. The van der Waals surface area contributed by atoms with Crippen LogP contribution >= 0.6 is 11.6 Å². The van der Waals surface area contributed by atoms with Crippen molar-refractivity contribution in [2.24, 2.45) is 9.98 Å². The Kier molecular flexibility index (Phi) is 8.51. The molecule has 7 rings (SSSR count). The number of nitrogen functional groups attached to an aromatic ring is 2. The summed E-state index contributed by atoms with van der Waals surface area (Å²) in [5.74, 6) is -3.34. The highest BCUT2D eigenvalue weighted by atomic mass is 35.5. The van der Waals surface area contributed by atoms with Gasteiger partial charge in [0.1, 0.15) is 36.8 Å². The van der Waals surface area contributed by atoms with E-state index in [2.05, 4.69) is 25.2 Å². The summed E-state index contributed by atoms with van der Waals surface area (Å²) in [7, 11) is 0. The van der Waals surface area contributed by atoms with Crippen molar-refractivity contribution in [3.8, 4) is 17.0 Å². The van der Waals surface area contributed by atoms with Crippen LogP contribution in [-0.2, 0) is 15.7 Å². The first-order valence-electron chi connectivity index (χ1n) is 15.6. The van der Waals surface area contributed by atoms with Crippen molar-refractivity contribution in [2.75, 3.05) is 44.5 Å². The molecule has 3 aromatic rings. The fraction of sp³-hybridized carbons (Fsp3) is 0.438. The molecular formula is C32H32ClF5N8O3. The maximum absolute atomic E-state index is 17.0. The Morgan fingerprint density at radius 1 is 1.20 bits per heavy atom. The first-order valence-corrected chi connectivity index (χ1v) is 16.0. The number of ether oxygens (including phenoxy) is 3. The molecule has 17 heteroatoms. The number of nitrogens with two attached hydrogens (primary N) is 2. The number of fused-ring (bicyclic) bond motifs is 1. The molecule has 4 aliphatic rings. The normalized spacial score (nSPS) is 22.6. The van der Waals surface area contributed by atoms with Crippen molar-refractivity contribution < 1.29 is 36.2 Å². The molecule has 49 heavy (non-hydrogen) atoms. The van der Waals surface area contributed by atoms with Gasteiger partial charge < -0.3 is 31.0 Å². The minimum absolute atomic E-state index is 0.0166. The quantitative estimate of drug-likeness (QED) is 0.339. The SMILES string of the molecule is Cc1cc(N)nc(-c2c(F)c3c4c(c2Cl)=NCNC=4[C@@H]([C@H](C)c2cc(F)cnc2N)N=C(OC[C@@H]2CC[C@H]4COCCN42)O3)c1C(F)(F)F. The van der Waals surface area contributed by atoms with Gasteiger partial charge >= 0.3 is 12.3 Å². The molecule has 260 valence electrons. The molecule has 5 N–H and O–H groups in total. The van der Waals surface area contributed by atoms with E-state index in [1.165, 1.54) is 13.0 Å². The predicted molar refractivity (Wildman–Crippen MR) is 170 cm³/mol. The number of anilines is 2. The lowest BCUT2D eigenvalue weighted by molar-refractivity contribution is -0.137. The fourth-order valence-corrected chi connectivity index (χ4v) is 7.48. The lowest BCUT2D eigenvalue weighted by Gasteiger charge is -2.33. The Labute approximate surface area is 281 Å². The molecule has 2 fully saturated rings. The van der Waals surface area contributed by atoms with E-state index >= 15 is 4.39 Å². The molecule has 4 atom stereocenters. The number of alkyl halides is 3. The van der Waals surface area contributed by atoms with Crippen molar-refractivity contribution in [1.29, 1.82) is 0 Å². The lowest BCUT2D eigenvalue weighted by atomic mass is 9.90. The van der Waals surface area contributed by atoms with Crippen LogP contribution in [0.5, 0.6) is 5.75 Å². The molecule has 4 aliphatic heterocycles. The van der Waals surface area contributed by atoms with Gasteiger partial charge in [-0.1, -0.05) is 18.5 Å². The minimum Gasteiger partial charge on any atom is -0.449 e. The van der Waals surface area contributed by atoms with Gasteiger partial charge in [0, 0.05) is 30.1 Å². The number of hydrogen-bond acceptors (Lipinski definition) is 11. The van der Waals surface area contributed by atoms with E-state index in [1.54, 1.807) is 6.92 Å². The monoisotopic (exact) mass is 706 g/mol. The van der Waals surface area contributed by atoms with Crippen LogP contribution in [0.25, 0.3) is 17.0 Å². The van der Waals surface area contributed by atoms with E-state index in [1.807, 2.05) is 0 Å². The zero-order chi connectivity index (χ0) is 34.8. The number of nitrogens with zero attached hydrogens (tertiary/aromatic N) is 5. The number of aromatic nitrogens is 2. The van der Waals surface area contributed by atoms with E-state index in [4.69, 9.17) is 42.3 Å². The number of aryl methyl sites for hydroxylation is 1. The van der Waals surface area contributed by atoms with E-state index < -0.39 is 57.4 Å². The summed E-state index contributed by atoms with van der Waals surface area (Å²) in [6, 6.07) is 1.52. The number of hydrogen-bond donors (Lipinski definition) is 3. The third kappa shape index (κ3) is 5.88. The summed E-state index contributed by atoms with van der Waals surface area (Å²) in [5.41, 5.74) is 9.60. The van der Waals surface area contributed by atoms with E-state index in [-0.39, 0.29) is 64.9 Å². The number of aliphatic imine (C=N–C) groups is 1. The molecular weight excluding hydrogens is 675 g/mol. The van der Waals surface area contributed by atoms with Gasteiger partial charge in [-0.3, -0.25) is 9.89 Å². The van der Waals surface area contributed by atoms with Crippen LogP contribution in [0.2, 0.25) is 5.02 Å². The third-order valence-electron chi connectivity index (χ3n) is 9.43. The number of rotatable bonds is 5. The number of morpholine rings is 1. The molecule has 0 saturated carbocycles. The maximum atomic E-state index is 17.0. The van der Waals surface area contributed by atoms with E-state index in [0.29, 0.717) is 25.3 Å². The summed E-state index contributed by atoms with van der Waals surface area (Å²) in [5, 5.41) is 2.63. The fourth-order valence-electron chi connectivity index (χ4n) is 7.15. The van der Waals surface area contributed by atoms with Crippen molar-refractivity contribution in [3.05, 3.63) is 62.3 Å². The van der Waals surface area contributed by atoms with Gasteiger partial charge in [-0.2, -0.15) is 13.2 Å². The zero-order valence-corrected chi connectivity index (χ0v) is 27.1. The van der Waals surface area contributed by atoms with Gasteiger partial charge in [0.2, 0.25) is 0 Å². The van der Waals surface area contributed by atoms with Gasteiger partial charge in [-0.05, 0) is 37.5 Å². The van der Waals surface area contributed by atoms with E-state index in [0.717, 1.165) is 25.1 Å². The number of nitrogens with one attached hydrogen (secondary N) is 1. The lowest BCUT2D eigenvalue weighted by Crippen LogP contribution is -2.46. The van der Waals surface area contributed by atoms with Crippen LogP contribution < -0.4 is 32.1 Å². The second-order valence-electron chi connectivity index (χ2n) is 12.4. The highest BCUT2D eigenvalue weighted by Crippen LogP contribution is 2.43. The summed E-state index contributed by atoms with van der Waals surface area (Å²) < 4.78 is 92.5. The van der Waals surface area contributed by atoms with Crippen LogP contribution in [0.15, 0.2) is 28.3 Å². The van der Waals surface area contributed by atoms with Crippen LogP contribution in [0.1, 0.15) is 42.4 Å². The zero-order valence-electron chi connectivity index (χ0n) is 26.4. The molecule has 6 heterocycles. The second-order valence-corrected chi connectivity index (χ2v) is 12.8. The Morgan fingerprint density at radius 2 is 2.00 bits per heavy atom. The van der Waals surface area contributed by atoms with E-state index in [9.17, 15) is 17.6 Å². The standard InChI is InChI=1S/C32H32ClF5N8O3/c1-13-7-19(39)44-26(22(13)32(36,37)38)20-23(33)27-21-28(43-12-42-27)25(14(2)18-8-15(34)9-41-30(18)40)45-31(49-29(21)24(20)35)48-11-17-4-3-16-10-47-6-5-46(16)17/h7-9,14,16-17,25,43H,3-6,10-12H2,1-2H3,(H2,39,44)(H2,40,41)/t14-,16+,17+,25-/m1/s1. The highest BCUT2D eigenvalue weighted by molar-refractivity contribution is 6.33. The first kappa shape index (κ1) is 33.2. The van der Waals surface area contributed by atoms with Crippen molar-refractivity contribution >= 4 is 35.0 Å². The smallest absolute Gasteiger partial charge is 0.418 e. The summed E-state index contributed by atoms with van der Waals surface area (Å²) in [6.07, 6.45) is -2.61. The molecule has 0 amide bonds. The van der Waals surface area contributed by atoms with Gasteiger partial charge in [-0.15, -0.1) is 0 Å².